The number of aromatic nitrogens is 2. The smallest absolute Gasteiger partial charge is 0.326 e. The van der Waals surface area contributed by atoms with E-state index in [1.165, 1.54) is 0 Å². The molecule has 0 bridgehead atoms. The maximum Gasteiger partial charge on any atom is 0.326 e. The van der Waals surface area contributed by atoms with E-state index in [0.29, 0.717) is 12.8 Å². The maximum atomic E-state index is 11.6. The number of aromatic amines is 1. The number of rotatable bonds is 5. The molecule has 1 unspecified atom stereocenters. The van der Waals surface area contributed by atoms with Crippen molar-refractivity contribution >= 4 is 11.9 Å². The third-order valence-electron chi connectivity index (χ3n) is 2.12. The molecule has 0 spiro atoms. The molecule has 1 aromatic rings. The predicted octanol–water partition coefficient (Wildman–Crippen LogP) is 0.701. The summed E-state index contributed by atoms with van der Waals surface area (Å²) in [7, 11) is 0. The third-order valence-corrected chi connectivity index (χ3v) is 2.12. The van der Waals surface area contributed by atoms with Crippen LogP contribution in [0.15, 0.2) is 6.07 Å². The van der Waals surface area contributed by atoms with E-state index >= 15 is 0 Å². The van der Waals surface area contributed by atoms with Crippen LogP contribution in [-0.2, 0) is 4.79 Å². The van der Waals surface area contributed by atoms with Crippen LogP contribution in [0, 0.1) is 6.92 Å². The summed E-state index contributed by atoms with van der Waals surface area (Å²) in [5.41, 5.74) is 0.965. The summed E-state index contributed by atoms with van der Waals surface area (Å²) >= 11 is 0. The third kappa shape index (κ3) is 3.08. The van der Waals surface area contributed by atoms with E-state index in [9.17, 15) is 9.59 Å². The fourth-order valence-electron chi connectivity index (χ4n) is 1.31. The average molecular weight is 225 g/mol. The molecule has 0 aliphatic heterocycles. The van der Waals surface area contributed by atoms with Crippen molar-refractivity contribution in [3.8, 4) is 0 Å². The first kappa shape index (κ1) is 12.2. The van der Waals surface area contributed by atoms with Gasteiger partial charge in [-0.25, -0.2) is 4.79 Å². The monoisotopic (exact) mass is 225 g/mol. The number of amides is 1. The van der Waals surface area contributed by atoms with Crippen LogP contribution in [-0.4, -0.2) is 33.2 Å². The zero-order chi connectivity index (χ0) is 12.1. The van der Waals surface area contributed by atoms with E-state index in [1.54, 1.807) is 13.0 Å². The van der Waals surface area contributed by atoms with E-state index in [2.05, 4.69) is 15.5 Å². The normalized spacial score (nSPS) is 12.1. The highest BCUT2D eigenvalue weighted by molar-refractivity contribution is 5.94. The Morgan fingerprint density at radius 2 is 2.31 bits per heavy atom. The average Bonchev–Trinajstić information content (AvgIpc) is 2.64. The molecule has 0 fully saturated rings. The molecular formula is C10H15N3O3. The number of carboxylic acids is 1. The molecule has 0 aliphatic rings. The minimum atomic E-state index is -1.03. The summed E-state index contributed by atoms with van der Waals surface area (Å²) in [6, 6.07) is 0.717. The lowest BCUT2D eigenvalue weighted by atomic mass is 10.1. The second kappa shape index (κ2) is 5.29. The van der Waals surface area contributed by atoms with Gasteiger partial charge in [0, 0.05) is 5.69 Å². The van der Waals surface area contributed by atoms with Gasteiger partial charge in [-0.2, -0.15) is 5.10 Å². The first-order chi connectivity index (χ1) is 7.54. The number of nitrogens with zero attached hydrogens (tertiary/aromatic N) is 1. The van der Waals surface area contributed by atoms with Gasteiger partial charge in [0.25, 0.3) is 5.91 Å². The number of carbonyl (C=O) groups excluding carboxylic acids is 1. The largest absolute Gasteiger partial charge is 0.480 e. The molecule has 88 valence electrons. The van der Waals surface area contributed by atoms with Crippen LogP contribution in [0.1, 0.15) is 35.9 Å². The number of hydrogen-bond donors (Lipinski definition) is 3. The minimum Gasteiger partial charge on any atom is -0.480 e. The van der Waals surface area contributed by atoms with Gasteiger partial charge in [0.1, 0.15) is 11.7 Å². The molecule has 6 nitrogen and oxygen atoms in total. The van der Waals surface area contributed by atoms with Crippen molar-refractivity contribution in [2.24, 2.45) is 0 Å². The van der Waals surface area contributed by atoms with Crippen LogP contribution in [0.3, 0.4) is 0 Å². The van der Waals surface area contributed by atoms with Crippen molar-refractivity contribution in [3.63, 3.8) is 0 Å². The summed E-state index contributed by atoms with van der Waals surface area (Å²) < 4.78 is 0. The second-order valence-electron chi connectivity index (χ2n) is 3.59. The van der Waals surface area contributed by atoms with E-state index in [0.717, 1.165) is 5.69 Å². The van der Waals surface area contributed by atoms with Crippen LogP contribution in [0.25, 0.3) is 0 Å². The predicted molar refractivity (Wildman–Crippen MR) is 57.1 cm³/mol. The van der Waals surface area contributed by atoms with E-state index in [4.69, 9.17) is 5.11 Å². The van der Waals surface area contributed by atoms with Crippen molar-refractivity contribution in [2.45, 2.75) is 32.7 Å². The molecule has 1 aromatic heterocycles. The molecule has 1 atom stereocenters. The Morgan fingerprint density at radius 1 is 1.62 bits per heavy atom. The summed E-state index contributed by atoms with van der Waals surface area (Å²) in [4.78, 5) is 22.4. The van der Waals surface area contributed by atoms with Crippen molar-refractivity contribution in [2.75, 3.05) is 0 Å². The van der Waals surface area contributed by atoms with E-state index in [-0.39, 0.29) is 5.69 Å². The van der Waals surface area contributed by atoms with Crippen molar-refractivity contribution in [3.05, 3.63) is 17.5 Å². The Hall–Kier alpha value is -1.85. The molecule has 6 heteroatoms. The number of nitrogens with one attached hydrogen (secondary N) is 2. The molecule has 1 heterocycles. The highest BCUT2D eigenvalue weighted by atomic mass is 16.4. The van der Waals surface area contributed by atoms with Gasteiger partial charge in [0.15, 0.2) is 0 Å². The van der Waals surface area contributed by atoms with Crippen molar-refractivity contribution in [1.29, 1.82) is 0 Å². The van der Waals surface area contributed by atoms with Gasteiger partial charge in [-0.1, -0.05) is 13.3 Å². The van der Waals surface area contributed by atoms with Gasteiger partial charge in [0.2, 0.25) is 0 Å². The lowest BCUT2D eigenvalue weighted by Crippen LogP contribution is -2.40. The zero-order valence-electron chi connectivity index (χ0n) is 9.28. The van der Waals surface area contributed by atoms with Crippen molar-refractivity contribution < 1.29 is 14.7 Å². The number of carbonyl (C=O) groups is 2. The van der Waals surface area contributed by atoms with Crippen LogP contribution < -0.4 is 5.32 Å². The lowest BCUT2D eigenvalue weighted by molar-refractivity contribution is -0.139. The quantitative estimate of drug-likeness (QED) is 0.687. The number of carboxylic acid groups (broad SMARTS) is 1. The van der Waals surface area contributed by atoms with E-state index < -0.39 is 17.9 Å². The Morgan fingerprint density at radius 3 is 2.75 bits per heavy atom. The zero-order valence-corrected chi connectivity index (χ0v) is 9.28. The molecule has 0 aliphatic carbocycles. The number of H-pyrrole nitrogens is 1. The van der Waals surface area contributed by atoms with Crippen LogP contribution in [0.4, 0.5) is 0 Å². The van der Waals surface area contributed by atoms with Crippen LogP contribution in [0.2, 0.25) is 0 Å². The highest BCUT2D eigenvalue weighted by Crippen LogP contribution is 2.01. The minimum absolute atomic E-state index is 0.208. The van der Waals surface area contributed by atoms with Crippen LogP contribution in [0.5, 0.6) is 0 Å². The van der Waals surface area contributed by atoms with Gasteiger partial charge < -0.3 is 10.4 Å². The van der Waals surface area contributed by atoms with Gasteiger partial charge in [0.05, 0.1) is 0 Å². The van der Waals surface area contributed by atoms with Gasteiger partial charge in [-0.15, -0.1) is 0 Å². The highest BCUT2D eigenvalue weighted by Gasteiger charge is 2.20. The summed E-state index contributed by atoms with van der Waals surface area (Å²) in [6.07, 6.45) is 1.10. The first-order valence-electron chi connectivity index (χ1n) is 5.10. The maximum absolute atomic E-state index is 11.6. The molecule has 0 radical (unpaired) electrons. The lowest BCUT2D eigenvalue weighted by Gasteiger charge is -2.11. The number of aliphatic carboxylic acids is 1. The summed E-state index contributed by atoms with van der Waals surface area (Å²) in [5, 5.41) is 17.7. The molecule has 1 rings (SSSR count). The Bertz CT molecular complexity index is 386. The molecule has 0 aromatic carbocycles. The first-order valence-corrected chi connectivity index (χ1v) is 5.10. The van der Waals surface area contributed by atoms with Gasteiger partial charge in [-0.05, 0) is 19.4 Å². The summed E-state index contributed by atoms with van der Waals surface area (Å²) in [6.45, 7) is 3.63. The number of aryl methyl sites for hydroxylation is 1. The molecule has 0 saturated carbocycles. The molecule has 16 heavy (non-hydrogen) atoms. The fourth-order valence-corrected chi connectivity index (χ4v) is 1.31. The van der Waals surface area contributed by atoms with E-state index in [1.807, 2.05) is 6.92 Å². The fraction of sp³-hybridized carbons (Fsp3) is 0.500. The Labute approximate surface area is 93.1 Å². The molecule has 1 amide bonds. The Kier molecular flexibility index (Phi) is 4.04. The van der Waals surface area contributed by atoms with Crippen LogP contribution >= 0.6 is 0 Å². The summed E-state index contributed by atoms with van der Waals surface area (Å²) in [5.74, 6) is -1.49. The standard InChI is InChI=1S/C10H15N3O3/c1-3-4-7(10(15)16)11-9(14)8-5-6(2)12-13-8/h5,7H,3-4H2,1-2H3,(H,11,14)(H,12,13)(H,15,16). The van der Waals surface area contributed by atoms with Gasteiger partial charge in [-0.3, -0.25) is 9.89 Å². The Balaban J connectivity index is 2.65. The van der Waals surface area contributed by atoms with Crippen molar-refractivity contribution in [1.82, 2.24) is 15.5 Å². The SMILES string of the molecule is CCCC(NC(=O)c1cc(C)[nH]n1)C(=O)O. The topological polar surface area (TPSA) is 95.1 Å². The van der Waals surface area contributed by atoms with Gasteiger partial charge >= 0.3 is 5.97 Å². The molecule has 3 N–H and O–H groups in total. The molecule has 0 saturated heterocycles. The number of hydrogen-bond acceptors (Lipinski definition) is 3. The molecular weight excluding hydrogens is 210 g/mol. The second-order valence-corrected chi connectivity index (χ2v) is 3.59.